The lowest BCUT2D eigenvalue weighted by molar-refractivity contribution is -0.432. The molecular formula is C29H25N7O19S6. The number of nitrogens with one attached hydrogen (secondary N) is 2. The van der Waals surface area contributed by atoms with Gasteiger partial charge in [0.2, 0.25) is 11.9 Å². The number of carboxylic acid groups (broad SMARTS) is 1. The van der Waals surface area contributed by atoms with Crippen molar-refractivity contribution in [2.45, 2.75) is 24.7 Å². The van der Waals surface area contributed by atoms with Gasteiger partial charge in [0, 0.05) is 21.4 Å². The fourth-order valence-electron chi connectivity index (χ4n) is 4.82. The fourth-order valence-corrected chi connectivity index (χ4v) is 8.63. The van der Waals surface area contributed by atoms with Crippen molar-refractivity contribution in [1.29, 1.82) is 0 Å². The molecule has 0 saturated carbocycles. The van der Waals surface area contributed by atoms with Crippen molar-refractivity contribution < 1.29 is 87.9 Å². The topological polar surface area (TPSA) is 395 Å². The molecule has 1 heterocycles. The van der Waals surface area contributed by atoms with Gasteiger partial charge in [-0.05, 0) is 54.6 Å². The number of carboxylic acids is 1. The highest BCUT2D eigenvalue weighted by Gasteiger charge is 2.26. The average Bonchev–Trinajstić information content (AvgIpc) is 3.18. The summed E-state index contributed by atoms with van der Waals surface area (Å²) in [5.74, 6) is -4.67. The minimum atomic E-state index is -5.26. The summed E-state index contributed by atoms with van der Waals surface area (Å²) in [5, 5.41) is 67.6. The average molecular weight is 968 g/mol. The van der Waals surface area contributed by atoms with E-state index in [9.17, 15) is 49.9 Å². The van der Waals surface area contributed by atoms with Gasteiger partial charge in [0.1, 0.15) is 22.0 Å². The van der Waals surface area contributed by atoms with Crippen LogP contribution in [0.3, 0.4) is 0 Å². The second-order valence-electron chi connectivity index (χ2n) is 11.2. The summed E-state index contributed by atoms with van der Waals surface area (Å²) >= 11 is 1.32. The predicted molar refractivity (Wildman–Crippen MR) is 210 cm³/mol. The van der Waals surface area contributed by atoms with Gasteiger partial charge in [0.05, 0.1) is 57.7 Å². The van der Waals surface area contributed by atoms with E-state index in [1.807, 2.05) is 0 Å². The number of sulfone groups is 1. The number of rotatable bonds is 21. The molecule has 9 N–H and O–H groups in total. The zero-order valence-corrected chi connectivity index (χ0v) is 34.5. The van der Waals surface area contributed by atoms with Crippen molar-refractivity contribution in [3.63, 3.8) is 0 Å². The van der Waals surface area contributed by atoms with Crippen LogP contribution in [0.25, 0.3) is 10.8 Å². The monoisotopic (exact) mass is 967 g/mol. The number of benzene rings is 4. The Morgan fingerprint density at radius 1 is 0.803 bits per heavy atom. The van der Waals surface area contributed by atoms with Crippen LogP contribution >= 0.6 is 35.8 Å². The van der Waals surface area contributed by atoms with E-state index in [1.54, 1.807) is 0 Å². The number of phenols is 2. The van der Waals surface area contributed by atoms with Gasteiger partial charge in [-0.15, -0.1) is 18.9 Å². The molecule has 61 heavy (non-hydrogen) atoms. The number of aliphatic carboxylic acids is 1. The summed E-state index contributed by atoms with van der Waals surface area (Å²) in [6, 6.07) is 12.0. The van der Waals surface area contributed by atoms with E-state index in [1.165, 1.54) is 42.5 Å². The number of aromatic nitrogens is 3. The quantitative estimate of drug-likeness (QED) is 0.0114. The number of hydrogen-bond acceptors (Lipinski definition) is 26. The SMILES string of the molecule is O=C(O)CSc1nc(Nc2cccc(S(=O)(=O)CCOS(=O)(=O)O)c2)nc(Nc2ccc3c(O)c(N=Nc4cc(SOOO)ccc4O)c(SOOO)cc3c2S(=O)(=O)O)n1. The summed E-state index contributed by atoms with van der Waals surface area (Å²) in [5.41, 5.74) is -1.03. The van der Waals surface area contributed by atoms with Gasteiger partial charge in [-0.25, -0.2) is 23.1 Å². The van der Waals surface area contributed by atoms with Gasteiger partial charge < -0.3 is 26.0 Å². The van der Waals surface area contributed by atoms with Crippen LogP contribution in [0.4, 0.5) is 34.6 Å². The van der Waals surface area contributed by atoms with Gasteiger partial charge in [-0.3, -0.25) is 13.9 Å². The minimum absolute atomic E-state index is 0.0297. The van der Waals surface area contributed by atoms with Gasteiger partial charge in [-0.1, -0.05) is 27.9 Å². The fraction of sp³-hybridized carbons (Fsp3) is 0.103. The molecule has 5 rings (SSSR count). The summed E-state index contributed by atoms with van der Waals surface area (Å²) in [6.07, 6.45) is 0. The molecule has 32 heteroatoms. The third-order valence-electron chi connectivity index (χ3n) is 7.18. The molecular weight excluding hydrogens is 943 g/mol. The van der Waals surface area contributed by atoms with E-state index in [0.29, 0.717) is 23.8 Å². The summed E-state index contributed by atoms with van der Waals surface area (Å²) in [7, 11) is -14.4. The molecule has 0 aliphatic carbocycles. The van der Waals surface area contributed by atoms with Crippen molar-refractivity contribution in [1.82, 2.24) is 15.0 Å². The molecule has 0 aliphatic rings. The standard InChI is InChI=1S/C29H25N7O19S6/c37-21-7-4-15(57-54-52-41)11-20(21)35-36-24-22(58-55-53-42)12-18-17(25(24)40)5-6-19(26(18)60(45,46)47)31-28-32-27(33-29(34-28)56-13-23(38)39)30-14-2-1-3-16(10-14)59(43,44)9-8-51-61(48,49)50/h1-7,10-12,37,40-42H,8-9,13H2,(H,38,39)(H,45,46,47)(H,48,49,50)(H2,30,31,32,33,34). The Morgan fingerprint density at radius 3 is 2.18 bits per heavy atom. The highest BCUT2D eigenvalue weighted by atomic mass is 32.3. The van der Waals surface area contributed by atoms with Crippen molar-refractivity contribution >= 4 is 118 Å². The van der Waals surface area contributed by atoms with Gasteiger partial charge in [0.15, 0.2) is 20.7 Å². The molecule has 0 unspecified atom stereocenters. The summed E-state index contributed by atoms with van der Waals surface area (Å²) in [4.78, 5) is 22.5. The minimum Gasteiger partial charge on any atom is -0.506 e. The first kappa shape index (κ1) is 47.0. The van der Waals surface area contributed by atoms with Crippen LogP contribution < -0.4 is 10.6 Å². The van der Waals surface area contributed by atoms with Crippen molar-refractivity contribution in [3.05, 3.63) is 60.7 Å². The van der Waals surface area contributed by atoms with E-state index >= 15 is 0 Å². The number of nitrogens with zero attached hydrogens (tertiary/aromatic N) is 5. The number of aromatic hydroxyl groups is 2. The molecule has 0 amide bonds. The number of azo groups is 1. The molecule has 0 fully saturated rings. The van der Waals surface area contributed by atoms with Gasteiger partial charge >= 0.3 is 16.4 Å². The first-order valence-electron chi connectivity index (χ1n) is 15.7. The molecule has 5 aromatic rings. The molecule has 26 nitrogen and oxygen atoms in total. The zero-order chi connectivity index (χ0) is 44.5. The molecule has 0 atom stereocenters. The zero-order valence-electron chi connectivity index (χ0n) is 29.6. The largest absolute Gasteiger partial charge is 0.506 e. The second kappa shape index (κ2) is 20.2. The lowest BCUT2D eigenvalue weighted by Crippen LogP contribution is -2.15. The number of fused-ring (bicyclic) bond motifs is 1. The first-order chi connectivity index (χ1) is 28.8. The third-order valence-corrected chi connectivity index (χ3v) is 12.3. The molecule has 0 aliphatic heterocycles. The van der Waals surface area contributed by atoms with Crippen molar-refractivity contribution in [2.24, 2.45) is 10.2 Å². The van der Waals surface area contributed by atoms with Crippen LogP contribution in [0.2, 0.25) is 0 Å². The van der Waals surface area contributed by atoms with Crippen molar-refractivity contribution in [2.75, 3.05) is 28.7 Å². The number of anilines is 4. The molecule has 0 spiro atoms. The lowest BCUT2D eigenvalue weighted by Gasteiger charge is -2.16. The maximum Gasteiger partial charge on any atom is 0.397 e. The smallest absolute Gasteiger partial charge is 0.397 e. The molecule has 0 bridgehead atoms. The van der Waals surface area contributed by atoms with Gasteiger partial charge in [0.25, 0.3) is 10.1 Å². The van der Waals surface area contributed by atoms with Crippen LogP contribution in [-0.2, 0) is 58.1 Å². The Labute approximate surface area is 354 Å². The van der Waals surface area contributed by atoms with Crippen molar-refractivity contribution in [3.8, 4) is 11.5 Å². The van der Waals surface area contributed by atoms with Crippen LogP contribution in [0.1, 0.15) is 0 Å². The van der Waals surface area contributed by atoms with Crippen LogP contribution in [0.15, 0.2) is 95.6 Å². The Balaban J connectivity index is 1.56. The van der Waals surface area contributed by atoms with E-state index < -0.39 is 93.5 Å². The number of carbonyl (C=O) groups is 1. The molecule has 326 valence electrons. The maximum absolute atomic E-state index is 13.0. The number of hydrogen-bond donors (Lipinski definition) is 9. The Bertz CT molecular complexity index is 2820. The third kappa shape index (κ3) is 13.0. The molecule has 0 saturated heterocycles. The second-order valence-corrected chi connectivity index (χ2v) is 18.2. The molecule has 1 aromatic heterocycles. The van der Waals surface area contributed by atoms with Crippen LogP contribution in [0, 0.1) is 0 Å². The number of phenolic OH excluding ortho intramolecular Hbond substituents is 2. The number of thioether (sulfide) groups is 1. The highest BCUT2D eigenvalue weighted by molar-refractivity contribution is 7.99. The first-order valence-corrected chi connectivity index (χ1v) is 22.6. The Hall–Kier alpha value is -5.04. The van der Waals surface area contributed by atoms with Gasteiger partial charge in [-0.2, -0.15) is 31.8 Å². The lowest BCUT2D eigenvalue weighted by atomic mass is 10.1. The predicted octanol–water partition coefficient (Wildman–Crippen LogP) is 5.21. The van der Waals surface area contributed by atoms with Crippen LogP contribution in [0.5, 0.6) is 11.5 Å². The van der Waals surface area contributed by atoms with E-state index in [-0.39, 0.29) is 54.6 Å². The molecule has 4 aromatic carbocycles. The van der Waals surface area contributed by atoms with E-state index in [0.717, 1.165) is 18.2 Å². The van der Waals surface area contributed by atoms with E-state index in [2.05, 4.69) is 58.7 Å². The summed E-state index contributed by atoms with van der Waals surface area (Å²) in [6.45, 7) is -0.900. The highest BCUT2D eigenvalue weighted by Crippen LogP contribution is 2.47. The Morgan fingerprint density at radius 2 is 1.51 bits per heavy atom. The Kier molecular flexibility index (Phi) is 15.6. The maximum atomic E-state index is 13.0. The summed E-state index contributed by atoms with van der Waals surface area (Å²) < 4.78 is 105. The normalized spacial score (nSPS) is 12.3. The van der Waals surface area contributed by atoms with Crippen LogP contribution in [-0.4, -0.2) is 99.2 Å². The molecule has 0 radical (unpaired) electrons. The van der Waals surface area contributed by atoms with E-state index in [4.69, 9.17) is 15.1 Å².